The molecule has 0 saturated carbocycles. The van der Waals surface area contributed by atoms with Crippen LogP contribution in [0, 0.1) is 5.92 Å². The third-order valence-electron chi connectivity index (χ3n) is 4.94. The van der Waals surface area contributed by atoms with Crippen LogP contribution in [0.3, 0.4) is 0 Å². The molecule has 1 unspecified atom stereocenters. The predicted molar refractivity (Wildman–Crippen MR) is 94.3 cm³/mol. The first-order chi connectivity index (χ1) is 12.4. The Morgan fingerprint density at radius 1 is 1.38 bits per heavy atom. The molecule has 0 bridgehead atoms. The minimum atomic E-state index is -3.06. The molecule has 2 aliphatic heterocycles. The van der Waals surface area contributed by atoms with Crippen molar-refractivity contribution in [3.05, 3.63) is 29.7 Å². The van der Waals surface area contributed by atoms with Crippen molar-refractivity contribution in [2.45, 2.75) is 19.4 Å². The SMILES string of the molecule is COc1ccc(-c2nc3c([nH]2)CN(C(=O)C2CCS(=O)(=O)C2)CC3)cn1. The number of hydrogen-bond donors (Lipinski definition) is 1. The van der Waals surface area contributed by atoms with Crippen molar-refractivity contribution in [2.75, 3.05) is 25.2 Å². The first kappa shape index (κ1) is 17.0. The summed E-state index contributed by atoms with van der Waals surface area (Å²) in [5.74, 6) is 0.854. The second-order valence-electron chi connectivity index (χ2n) is 6.71. The van der Waals surface area contributed by atoms with Crippen molar-refractivity contribution in [1.29, 1.82) is 0 Å². The number of H-pyrrole nitrogens is 1. The summed E-state index contributed by atoms with van der Waals surface area (Å²) in [7, 11) is -1.50. The Hall–Kier alpha value is -2.42. The van der Waals surface area contributed by atoms with E-state index in [1.807, 2.05) is 6.07 Å². The van der Waals surface area contributed by atoms with Crippen LogP contribution in [0.4, 0.5) is 0 Å². The van der Waals surface area contributed by atoms with Gasteiger partial charge in [0.1, 0.15) is 5.82 Å². The fourth-order valence-corrected chi connectivity index (χ4v) is 5.24. The molecule has 0 spiro atoms. The average Bonchev–Trinajstić information content (AvgIpc) is 3.23. The number of carbonyl (C=O) groups excluding carboxylic acids is 1. The van der Waals surface area contributed by atoms with Crippen molar-refractivity contribution in [3.8, 4) is 17.3 Å². The van der Waals surface area contributed by atoms with Gasteiger partial charge in [-0.05, 0) is 12.5 Å². The van der Waals surface area contributed by atoms with E-state index < -0.39 is 15.8 Å². The Labute approximate surface area is 151 Å². The molecule has 1 amide bonds. The number of sulfone groups is 1. The van der Waals surface area contributed by atoms with Crippen LogP contribution in [0.2, 0.25) is 0 Å². The Morgan fingerprint density at radius 3 is 2.88 bits per heavy atom. The summed E-state index contributed by atoms with van der Waals surface area (Å²) in [4.78, 5) is 26.5. The van der Waals surface area contributed by atoms with Crippen molar-refractivity contribution in [3.63, 3.8) is 0 Å². The van der Waals surface area contributed by atoms with E-state index in [9.17, 15) is 13.2 Å². The lowest BCUT2D eigenvalue weighted by Gasteiger charge is -2.28. The molecule has 1 fully saturated rings. The molecule has 2 aromatic heterocycles. The molecule has 8 nitrogen and oxygen atoms in total. The van der Waals surface area contributed by atoms with Crippen molar-refractivity contribution in [2.24, 2.45) is 5.92 Å². The van der Waals surface area contributed by atoms with Gasteiger partial charge in [0.25, 0.3) is 0 Å². The molecule has 138 valence electrons. The molecular formula is C17H20N4O4S. The van der Waals surface area contributed by atoms with E-state index >= 15 is 0 Å². The van der Waals surface area contributed by atoms with Gasteiger partial charge in [-0.2, -0.15) is 0 Å². The molecule has 2 aromatic rings. The van der Waals surface area contributed by atoms with Gasteiger partial charge in [0.05, 0.1) is 42.5 Å². The standard InChI is InChI=1S/C17H20N4O4S/c1-25-15-3-2-11(8-18-15)16-19-13-4-6-21(9-14(13)20-16)17(22)12-5-7-26(23,24)10-12/h2-3,8,12H,4-7,9-10H2,1H3,(H,19,20). The normalized spacial score (nSPS) is 21.4. The highest BCUT2D eigenvalue weighted by atomic mass is 32.2. The summed E-state index contributed by atoms with van der Waals surface area (Å²) >= 11 is 0. The van der Waals surface area contributed by atoms with Gasteiger partial charge in [-0.1, -0.05) is 0 Å². The van der Waals surface area contributed by atoms with Crippen molar-refractivity contribution < 1.29 is 17.9 Å². The maximum atomic E-state index is 12.6. The number of amides is 1. The van der Waals surface area contributed by atoms with Gasteiger partial charge in [-0.15, -0.1) is 0 Å². The number of carbonyl (C=O) groups is 1. The predicted octanol–water partition coefficient (Wildman–Crippen LogP) is 0.800. The van der Waals surface area contributed by atoms with Crippen LogP contribution in [0.1, 0.15) is 17.8 Å². The van der Waals surface area contributed by atoms with Crippen LogP contribution >= 0.6 is 0 Å². The summed E-state index contributed by atoms with van der Waals surface area (Å²) < 4.78 is 28.3. The van der Waals surface area contributed by atoms with E-state index in [-0.39, 0.29) is 17.4 Å². The summed E-state index contributed by atoms with van der Waals surface area (Å²) in [5.41, 5.74) is 2.69. The number of aromatic nitrogens is 3. The molecule has 9 heteroatoms. The van der Waals surface area contributed by atoms with Crippen LogP contribution in [-0.2, 0) is 27.6 Å². The number of aromatic amines is 1. The minimum absolute atomic E-state index is 0.0269. The number of nitrogens with one attached hydrogen (secondary N) is 1. The van der Waals surface area contributed by atoms with E-state index in [0.717, 1.165) is 17.0 Å². The summed E-state index contributed by atoms with van der Waals surface area (Å²) in [5, 5.41) is 0. The maximum absolute atomic E-state index is 12.6. The second-order valence-corrected chi connectivity index (χ2v) is 8.94. The molecule has 4 heterocycles. The zero-order valence-corrected chi connectivity index (χ0v) is 15.3. The highest BCUT2D eigenvalue weighted by Crippen LogP contribution is 2.26. The smallest absolute Gasteiger partial charge is 0.227 e. The molecular weight excluding hydrogens is 356 g/mol. The summed E-state index contributed by atoms with van der Waals surface area (Å²) in [6, 6.07) is 3.65. The molecule has 26 heavy (non-hydrogen) atoms. The third-order valence-corrected chi connectivity index (χ3v) is 6.71. The molecule has 0 aliphatic carbocycles. The fraction of sp³-hybridized carbons (Fsp3) is 0.471. The van der Waals surface area contributed by atoms with Gasteiger partial charge in [0, 0.05) is 30.8 Å². The molecule has 4 rings (SSSR count). The van der Waals surface area contributed by atoms with E-state index in [1.54, 1.807) is 24.3 Å². The zero-order chi connectivity index (χ0) is 18.3. The lowest BCUT2D eigenvalue weighted by atomic mass is 10.1. The number of fused-ring (bicyclic) bond motifs is 1. The van der Waals surface area contributed by atoms with Gasteiger partial charge in [0.15, 0.2) is 9.84 Å². The monoisotopic (exact) mass is 376 g/mol. The molecule has 2 aliphatic rings. The largest absolute Gasteiger partial charge is 0.481 e. The lowest BCUT2D eigenvalue weighted by molar-refractivity contribution is -0.135. The van der Waals surface area contributed by atoms with Crippen molar-refractivity contribution >= 4 is 15.7 Å². The number of pyridine rings is 1. The Kier molecular flexibility index (Phi) is 4.18. The highest BCUT2D eigenvalue weighted by Gasteiger charge is 2.36. The quantitative estimate of drug-likeness (QED) is 0.849. The molecule has 1 saturated heterocycles. The number of imidazole rings is 1. The van der Waals surface area contributed by atoms with Crippen molar-refractivity contribution in [1.82, 2.24) is 19.9 Å². The minimum Gasteiger partial charge on any atom is -0.481 e. The average molecular weight is 376 g/mol. The molecule has 1 atom stereocenters. The van der Waals surface area contributed by atoms with Crippen LogP contribution in [0.15, 0.2) is 18.3 Å². The van der Waals surface area contributed by atoms with Crippen LogP contribution < -0.4 is 4.74 Å². The summed E-state index contributed by atoms with van der Waals surface area (Å²) in [6.45, 7) is 0.995. The lowest BCUT2D eigenvalue weighted by Crippen LogP contribution is -2.40. The molecule has 0 aromatic carbocycles. The van der Waals surface area contributed by atoms with Gasteiger partial charge >= 0.3 is 0 Å². The Morgan fingerprint density at radius 2 is 2.23 bits per heavy atom. The first-order valence-corrected chi connectivity index (χ1v) is 10.3. The van der Waals surface area contributed by atoms with E-state index in [0.29, 0.717) is 37.6 Å². The fourth-order valence-electron chi connectivity index (χ4n) is 3.51. The number of rotatable bonds is 3. The molecule has 0 radical (unpaired) electrons. The van der Waals surface area contributed by atoms with Crippen LogP contribution in [-0.4, -0.2) is 59.3 Å². The van der Waals surface area contributed by atoms with Gasteiger partial charge < -0.3 is 14.6 Å². The topological polar surface area (TPSA) is 105 Å². The second kappa shape index (κ2) is 6.39. The zero-order valence-electron chi connectivity index (χ0n) is 14.4. The van der Waals surface area contributed by atoms with Gasteiger partial charge in [-0.3, -0.25) is 4.79 Å². The molecule has 1 N–H and O–H groups in total. The van der Waals surface area contributed by atoms with E-state index in [2.05, 4.69) is 15.0 Å². The first-order valence-electron chi connectivity index (χ1n) is 8.52. The Balaban J connectivity index is 1.50. The Bertz CT molecular complexity index is 936. The highest BCUT2D eigenvalue weighted by molar-refractivity contribution is 7.91. The number of nitrogens with zero attached hydrogens (tertiary/aromatic N) is 3. The summed E-state index contributed by atoms with van der Waals surface area (Å²) in [6.07, 6.45) is 2.77. The third kappa shape index (κ3) is 3.18. The van der Waals surface area contributed by atoms with Crippen LogP contribution in [0.5, 0.6) is 5.88 Å². The van der Waals surface area contributed by atoms with E-state index in [1.165, 1.54) is 0 Å². The number of ether oxygens (including phenoxy) is 1. The van der Waals surface area contributed by atoms with Gasteiger partial charge in [-0.25, -0.2) is 18.4 Å². The number of hydrogen-bond acceptors (Lipinski definition) is 6. The van der Waals surface area contributed by atoms with Gasteiger partial charge in [0.2, 0.25) is 11.8 Å². The maximum Gasteiger partial charge on any atom is 0.227 e. The van der Waals surface area contributed by atoms with E-state index in [4.69, 9.17) is 4.74 Å². The number of methoxy groups -OCH3 is 1. The van der Waals surface area contributed by atoms with Crippen LogP contribution in [0.25, 0.3) is 11.4 Å².